The Hall–Kier alpha value is -1.94. The summed E-state index contributed by atoms with van der Waals surface area (Å²) in [5.74, 6) is 0.944. The minimum absolute atomic E-state index is 0.105. The van der Waals surface area contributed by atoms with Crippen molar-refractivity contribution in [2.45, 2.75) is 395 Å². The molecule has 558 valence electrons. The molecule has 0 fully saturated rings. The van der Waals surface area contributed by atoms with Gasteiger partial charge in [0.05, 0.1) is 26.4 Å². The number of hydrogen-bond acceptors (Lipinski definition) is 15. The lowest BCUT2D eigenvalue weighted by molar-refractivity contribution is -0.161. The highest BCUT2D eigenvalue weighted by molar-refractivity contribution is 7.47. The lowest BCUT2D eigenvalue weighted by atomic mass is 9.99. The van der Waals surface area contributed by atoms with Crippen molar-refractivity contribution in [2.75, 3.05) is 39.6 Å². The highest BCUT2D eigenvalue weighted by Gasteiger charge is 2.30. The second-order valence-corrected chi connectivity index (χ2v) is 31.6. The predicted octanol–water partition coefficient (Wildman–Crippen LogP) is 21.7. The van der Waals surface area contributed by atoms with Crippen LogP contribution in [-0.4, -0.2) is 96.7 Å². The summed E-state index contributed by atoms with van der Waals surface area (Å²) in [6, 6.07) is 0. The third kappa shape index (κ3) is 67.3. The molecule has 0 bridgehead atoms. The van der Waals surface area contributed by atoms with Crippen molar-refractivity contribution in [1.29, 1.82) is 0 Å². The molecule has 0 spiro atoms. The van der Waals surface area contributed by atoms with Crippen LogP contribution in [0.4, 0.5) is 0 Å². The molecule has 0 saturated carbocycles. The molecule has 0 amide bonds. The number of ether oxygens (including phenoxy) is 4. The summed E-state index contributed by atoms with van der Waals surface area (Å²) in [6.45, 7) is 14.2. The summed E-state index contributed by atoms with van der Waals surface area (Å²) in [6.07, 6.45) is 48.5. The van der Waals surface area contributed by atoms with Gasteiger partial charge in [-0.1, -0.05) is 325 Å². The highest BCUT2D eigenvalue weighted by atomic mass is 31.2. The zero-order chi connectivity index (χ0) is 69.6. The van der Waals surface area contributed by atoms with E-state index >= 15 is 0 Å². The molecule has 0 aliphatic heterocycles. The second-order valence-electron chi connectivity index (χ2n) is 28.7. The van der Waals surface area contributed by atoms with Crippen molar-refractivity contribution in [3.8, 4) is 0 Å². The van der Waals surface area contributed by atoms with E-state index in [2.05, 4.69) is 55.4 Å². The fourth-order valence-electron chi connectivity index (χ4n) is 11.3. The normalized spacial score (nSPS) is 14.4. The number of rotatable bonds is 72. The van der Waals surface area contributed by atoms with Gasteiger partial charge in [0.2, 0.25) is 0 Å². The van der Waals surface area contributed by atoms with Crippen LogP contribution < -0.4 is 0 Å². The van der Waals surface area contributed by atoms with Crippen molar-refractivity contribution in [1.82, 2.24) is 0 Å². The molecule has 0 aliphatic carbocycles. The van der Waals surface area contributed by atoms with E-state index in [1.807, 2.05) is 0 Å². The van der Waals surface area contributed by atoms with Gasteiger partial charge in [-0.05, 0) is 49.4 Å². The van der Waals surface area contributed by atoms with E-state index in [4.69, 9.17) is 37.0 Å². The molecule has 0 radical (unpaired) electrons. The van der Waals surface area contributed by atoms with E-state index in [0.717, 1.165) is 114 Å². The molecule has 0 rings (SSSR count). The van der Waals surface area contributed by atoms with Crippen LogP contribution in [0.2, 0.25) is 0 Å². The minimum atomic E-state index is -4.96. The number of esters is 4. The monoisotopic (exact) mass is 1380 g/mol. The zero-order valence-corrected chi connectivity index (χ0v) is 63.4. The van der Waals surface area contributed by atoms with Crippen LogP contribution in [-0.2, 0) is 65.4 Å². The van der Waals surface area contributed by atoms with Gasteiger partial charge in [0.1, 0.15) is 19.3 Å². The molecule has 94 heavy (non-hydrogen) atoms. The van der Waals surface area contributed by atoms with Crippen LogP contribution in [0.25, 0.3) is 0 Å². The Morgan fingerprint density at radius 1 is 0.298 bits per heavy atom. The molecule has 19 heteroatoms. The second kappa shape index (κ2) is 64.4. The summed E-state index contributed by atoms with van der Waals surface area (Å²) in [7, 11) is -9.91. The number of hydrogen-bond donors (Lipinski definition) is 3. The van der Waals surface area contributed by atoms with Crippen LogP contribution in [0.3, 0.4) is 0 Å². The van der Waals surface area contributed by atoms with Gasteiger partial charge in [0.25, 0.3) is 0 Å². The first kappa shape index (κ1) is 92.1. The summed E-state index contributed by atoms with van der Waals surface area (Å²) in [4.78, 5) is 72.8. The predicted molar refractivity (Wildman–Crippen MR) is 381 cm³/mol. The molecular formula is C75H146O17P2. The van der Waals surface area contributed by atoms with E-state index < -0.39 is 97.5 Å². The number of phosphoric acid groups is 2. The van der Waals surface area contributed by atoms with E-state index in [1.54, 1.807) is 0 Å². The maximum absolute atomic E-state index is 13.1. The van der Waals surface area contributed by atoms with E-state index in [-0.39, 0.29) is 25.7 Å². The maximum Gasteiger partial charge on any atom is 0.472 e. The molecule has 4 unspecified atom stereocenters. The summed E-state index contributed by atoms with van der Waals surface area (Å²) in [5.41, 5.74) is 0. The van der Waals surface area contributed by atoms with Gasteiger partial charge in [-0.15, -0.1) is 0 Å². The smallest absolute Gasteiger partial charge is 0.462 e. The molecule has 0 aromatic heterocycles. The Balaban J connectivity index is 5.27. The number of unbranched alkanes of at least 4 members (excludes halogenated alkanes) is 37. The average Bonchev–Trinajstić information content (AvgIpc) is 1.33. The lowest BCUT2D eigenvalue weighted by Gasteiger charge is -2.21. The van der Waals surface area contributed by atoms with Gasteiger partial charge in [-0.2, -0.15) is 0 Å². The molecule has 3 N–H and O–H groups in total. The number of aliphatic hydroxyl groups is 1. The molecule has 0 aromatic carbocycles. The largest absolute Gasteiger partial charge is 0.472 e. The number of phosphoric ester groups is 2. The lowest BCUT2D eigenvalue weighted by Crippen LogP contribution is -2.30. The average molecular weight is 1380 g/mol. The first-order chi connectivity index (χ1) is 45.1. The summed E-state index contributed by atoms with van der Waals surface area (Å²) >= 11 is 0. The van der Waals surface area contributed by atoms with E-state index in [1.165, 1.54) is 173 Å². The van der Waals surface area contributed by atoms with Crippen LogP contribution >= 0.6 is 15.6 Å². The minimum Gasteiger partial charge on any atom is -0.462 e. The number of carbonyl (C=O) groups is 4. The Labute approximate surface area is 575 Å². The van der Waals surface area contributed by atoms with Gasteiger partial charge >= 0.3 is 39.5 Å². The highest BCUT2D eigenvalue weighted by Crippen LogP contribution is 2.45. The molecule has 6 atom stereocenters. The molecule has 0 heterocycles. The van der Waals surface area contributed by atoms with Crippen LogP contribution in [0.15, 0.2) is 0 Å². The van der Waals surface area contributed by atoms with Crippen molar-refractivity contribution in [3.05, 3.63) is 0 Å². The zero-order valence-electron chi connectivity index (χ0n) is 61.6. The topological polar surface area (TPSA) is 237 Å². The molecule has 0 aromatic rings. The van der Waals surface area contributed by atoms with Crippen LogP contribution in [0.1, 0.15) is 376 Å². The molecule has 17 nitrogen and oxygen atoms in total. The number of carbonyl (C=O) groups excluding carboxylic acids is 4. The Bertz CT molecular complexity index is 1850. The summed E-state index contributed by atoms with van der Waals surface area (Å²) < 4.78 is 68.5. The first-order valence-electron chi connectivity index (χ1n) is 38.7. The fourth-order valence-corrected chi connectivity index (χ4v) is 12.9. The molecule has 0 aliphatic rings. The van der Waals surface area contributed by atoms with E-state index in [9.17, 15) is 43.2 Å². The van der Waals surface area contributed by atoms with Crippen molar-refractivity contribution >= 4 is 39.5 Å². The maximum atomic E-state index is 13.1. The van der Waals surface area contributed by atoms with E-state index in [0.29, 0.717) is 31.6 Å². The Kier molecular flexibility index (Phi) is 63.1. The summed E-state index contributed by atoms with van der Waals surface area (Å²) in [5, 5.41) is 10.6. The third-order valence-corrected chi connectivity index (χ3v) is 19.6. The van der Waals surface area contributed by atoms with Gasteiger partial charge in [-0.3, -0.25) is 37.3 Å². The first-order valence-corrected chi connectivity index (χ1v) is 41.7. The third-order valence-electron chi connectivity index (χ3n) is 17.7. The van der Waals surface area contributed by atoms with Crippen molar-refractivity contribution in [3.63, 3.8) is 0 Å². The van der Waals surface area contributed by atoms with Crippen LogP contribution in [0, 0.1) is 23.7 Å². The molecular weight excluding hydrogens is 1230 g/mol. The van der Waals surface area contributed by atoms with Crippen molar-refractivity contribution < 1.29 is 80.2 Å². The van der Waals surface area contributed by atoms with Crippen LogP contribution in [0.5, 0.6) is 0 Å². The van der Waals surface area contributed by atoms with Gasteiger partial charge < -0.3 is 33.8 Å². The SMILES string of the molecule is CCC(C)CCCCCCCCCCCCC(=O)O[C@H](COC(=O)CCCCCCCCCC(C)C)COP(=O)(O)OCC(O)COP(=O)(O)OC[C@@H](COC(=O)CCCCCCCCCCCCCCC(C)C)OC(=O)CCCCCCCCCCCCCCC(C)C. The number of aliphatic hydroxyl groups excluding tert-OH is 1. The Morgan fingerprint density at radius 2 is 0.511 bits per heavy atom. The standard InChI is InChI=1S/C75H146O17P2/c1-9-68(8)54-46-38-30-22-18-19-25-33-42-50-58-75(80)92-71(62-86-73(78)56-48-40-34-26-29-37-45-53-67(6)7)64-90-94(83,84)88-60-69(76)59-87-93(81,82)89-63-70(91-74(79)57-49-41-32-24-17-13-11-15-21-28-36-44-52-66(4)5)61-85-72(77)55-47-39-31-23-16-12-10-14-20-27-35-43-51-65(2)3/h65-71,76H,9-64H2,1-8H3,(H,81,82)(H,83,84)/t68?,69?,70-,71-/m1/s1. The fraction of sp³-hybridized carbons (Fsp3) is 0.947. The van der Waals surface area contributed by atoms with Gasteiger partial charge in [0, 0.05) is 25.7 Å². The van der Waals surface area contributed by atoms with Gasteiger partial charge in [-0.25, -0.2) is 9.13 Å². The van der Waals surface area contributed by atoms with Gasteiger partial charge in [0.15, 0.2) is 12.2 Å². The Morgan fingerprint density at radius 3 is 0.755 bits per heavy atom. The molecule has 0 saturated heterocycles. The van der Waals surface area contributed by atoms with Crippen molar-refractivity contribution in [2.24, 2.45) is 23.7 Å². The quantitative estimate of drug-likeness (QED) is 0.0222.